The van der Waals surface area contributed by atoms with Crippen LogP contribution in [0.15, 0.2) is 26.9 Å². The molecule has 0 atom stereocenters. The number of carbonyl (C=O) groups is 1. The molecule has 0 radical (unpaired) electrons. The number of rotatable bonds is 1. The van der Waals surface area contributed by atoms with Crippen LogP contribution >= 0.6 is 0 Å². The summed E-state index contributed by atoms with van der Waals surface area (Å²) >= 11 is 0. The van der Waals surface area contributed by atoms with Crippen LogP contribution in [0.3, 0.4) is 0 Å². The van der Waals surface area contributed by atoms with E-state index in [4.69, 9.17) is 5.73 Å². The van der Waals surface area contributed by atoms with Crippen molar-refractivity contribution in [1.82, 2.24) is 0 Å². The van der Waals surface area contributed by atoms with Gasteiger partial charge in [0.25, 0.3) is 5.91 Å². The standard InChI is InChI=1S/C7H6N4O/c8-7(12)5-1-4-6(2-9-5)11-3-10-4/h2-3H,1H2,(H2,8,12). The minimum atomic E-state index is -0.500. The molecular formula is C7H6N4O. The molecule has 0 spiro atoms. The minimum absolute atomic E-state index is 0.336. The molecule has 1 amide bonds. The maximum Gasteiger partial charge on any atom is 0.263 e. The maximum absolute atomic E-state index is 10.7. The molecule has 2 N–H and O–H groups in total. The molecule has 2 heterocycles. The first kappa shape index (κ1) is 6.90. The zero-order chi connectivity index (χ0) is 8.55. The maximum atomic E-state index is 10.7. The number of amides is 1. The second kappa shape index (κ2) is 2.37. The molecule has 0 aromatic rings. The summed E-state index contributed by atoms with van der Waals surface area (Å²) in [4.78, 5) is 22.4. The van der Waals surface area contributed by atoms with E-state index in [9.17, 15) is 4.79 Å². The van der Waals surface area contributed by atoms with Gasteiger partial charge in [0.05, 0.1) is 11.9 Å². The van der Waals surface area contributed by atoms with Gasteiger partial charge in [-0.25, -0.2) is 9.98 Å². The van der Waals surface area contributed by atoms with Crippen LogP contribution in [0.5, 0.6) is 0 Å². The van der Waals surface area contributed by atoms with E-state index in [1.807, 2.05) is 0 Å². The van der Waals surface area contributed by atoms with Crippen LogP contribution in [0.25, 0.3) is 0 Å². The monoisotopic (exact) mass is 162 g/mol. The Morgan fingerprint density at radius 3 is 3.08 bits per heavy atom. The van der Waals surface area contributed by atoms with E-state index in [2.05, 4.69) is 15.0 Å². The molecule has 5 nitrogen and oxygen atoms in total. The minimum Gasteiger partial charge on any atom is -0.365 e. The second-order valence-electron chi connectivity index (χ2n) is 2.45. The van der Waals surface area contributed by atoms with Crippen molar-refractivity contribution in [2.75, 3.05) is 0 Å². The highest BCUT2D eigenvalue weighted by atomic mass is 16.1. The fourth-order valence-corrected chi connectivity index (χ4v) is 1.04. The number of carbonyl (C=O) groups excluding carboxylic acids is 1. The number of fused-ring (bicyclic) bond motifs is 1. The fourth-order valence-electron chi connectivity index (χ4n) is 1.04. The zero-order valence-electron chi connectivity index (χ0n) is 6.19. The quantitative estimate of drug-likeness (QED) is 0.561. The highest BCUT2D eigenvalue weighted by Gasteiger charge is 2.19. The average Bonchev–Trinajstić information content (AvgIpc) is 2.49. The lowest BCUT2D eigenvalue weighted by Gasteiger charge is -2.06. The molecule has 5 heteroatoms. The number of hydrogen-bond acceptors (Lipinski definition) is 4. The molecule has 2 aliphatic rings. The lowest BCUT2D eigenvalue weighted by atomic mass is 10.1. The van der Waals surface area contributed by atoms with E-state index in [-0.39, 0.29) is 0 Å². The highest BCUT2D eigenvalue weighted by molar-refractivity contribution is 6.44. The first-order valence-electron chi connectivity index (χ1n) is 3.43. The van der Waals surface area contributed by atoms with Crippen LogP contribution in [0.2, 0.25) is 0 Å². The molecule has 2 aliphatic heterocycles. The Labute approximate surface area is 68.4 Å². The second-order valence-corrected chi connectivity index (χ2v) is 2.45. The van der Waals surface area contributed by atoms with E-state index in [1.54, 1.807) is 0 Å². The summed E-state index contributed by atoms with van der Waals surface area (Å²) in [6, 6.07) is 0. The summed E-state index contributed by atoms with van der Waals surface area (Å²) in [6.07, 6.45) is 3.34. The third-order valence-corrected chi connectivity index (χ3v) is 1.67. The van der Waals surface area contributed by atoms with Gasteiger partial charge in [-0.15, -0.1) is 0 Å². The van der Waals surface area contributed by atoms with E-state index in [0.29, 0.717) is 12.1 Å². The van der Waals surface area contributed by atoms with Crippen molar-refractivity contribution < 1.29 is 4.79 Å². The van der Waals surface area contributed by atoms with Gasteiger partial charge in [0.1, 0.15) is 17.7 Å². The van der Waals surface area contributed by atoms with Gasteiger partial charge in [-0.2, -0.15) is 0 Å². The molecule has 0 aromatic heterocycles. The SMILES string of the molecule is NC(=O)C1=NC=C2N=CN=C2C1. The number of nitrogens with two attached hydrogens (primary N) is 1. The summed E-state index contributed by atoms with van der Waals surface area (Å²) < 4.78 is 0. The van der Waals surface area contributed by atoms with Gasteiger partial charge in [-0.1, -0.05) is 0 Å². The predicted molar refractivity (Wildman–Crippen MR) is 45.3 cm³/mol. The molecular weight excluding hydrogens is 156 g/mol. The van der Waals surface area contributed by atoms with Crippen molar-refractivity contribution in [3.63, 3.8) is 0 Å². The Bertz CT molecular complexity index is 362. The molecule has 0 fully saturated rings. The van der Waals surface area contributed by atoms with Gasteiger partial charge in [-0.05, 0) is 0 Å². The van der Waals surface area contributed by atoms with E-state index >= 15 is 0 Å². The Balaban J connectivity index is 2.33. The van der Waals surface area contributed by atoms with Crippen LogP contribution in [0.1, 0.15) is 6.42 Å². The van der Waals surface area contributed by atoms with Gasteiger partial charge >= 0.3 is 0 Å². The molecule has 0 aromatic carbocycles. The number of allylic oxidation sites excluding steroid dienone is 1. The van der Waals surface area contributed by atoms with Gasteiger partial charge in [0.2, 0.25) is 0 Å². The van der Waals surface area contributed by atoms with Gasteiger partial charge in [-0.3, -0.25) is 9.79 Å². The topological polar surface area (TPSA) is 80.2 Å². The highest BCUT2D eigenvalue weighted by Crippen LogP contribution is 2.14. The Morgan fingerprint density at radius 1 is 1.50 bits per heavy atom. The van der Waals surface area contributed by atoms with Gasteiger partial charge in [0, 0.05) is 6.42 Å². The van der Waals surface area contributed by atoms with Crippen LogP contribution in [-0.2, 0) is 4.79 Å². The Hall–Kier alpha value is -1.78. The number of hydrogen-bond donors (Lipinski definition) is 1. The smallest absolute Gasteiger partial charge is 0.263 e. The molecule has 0 bridgehead atoms. The van der Waals surface area contributed by atoms with Crippen molar-refractivity contribution >= 4 is 23.7 Å². The van der Waals surface area contributed by atoms with Crippen LogP contribution in [0, 0.1) is 0 Å². The van der Waals surface area contributed by atoms with Crippen molar-refractivity contribution in [3.05, 3.63) is 11.9 Å². The van der Waals surface area contributed by atoms with Crippen molar-refractivity contribution in [3.8, 4) is 0 Å². The lowest BCUT2D eigenvalue weighted by molar-refractivity contribution is -0.112. The summed E-state index contributed by atoms with van der Waals surface area (Å²) in [5, 5.41) is 0. The molecule has 60 valence electrons. The summed E-state index contributed by atoms with van der Waals surface area (Å²) in [7, 11) is 0. The van der Waals surface area contributed by atoms with Crippen LogP contribution < -0.4 is 5.73 Å². The van der Waals surface area contributed by atoms with E-state index < -0.39 is 5.91 Å². The van der Waals surface area contributed by atoms with Crippen molar-refractivity contribution in [2.24, 2.45) is 20.7 Å². The first-order chi connectivity index (χ1) is 5.77. The Kier molecular flexibility index (Phi) is 1.36. The van der Waals surface area contributed by atoms with E-state index in [0.717, 1.165) is 11.4 Å². The summed E-state index contributed by atoms with van der Waals surface area (Å²) in [5.41, 5.74) is 6.88. The number of primary amides is 1. The molecule has 0 unspecified atom stereocenters. The fraction of sp³-hybridized carbons (Fsp3) is 0.143. The molecule has 12 heavy (non-hydrogen) atoms. The normalized spacial score (nSPS) is 19.5. The molecule has 0 saturated heterocycles. The summed E-state index contributed by atoms with van der Waals surface area (Å²) in [6.45, 7) is 0. The number of nitrogens with zero attached hydrogens (tertiary/aromatic N) is 3. The van der Waals surface area contributed by atoms with Crippen molar-refractivity contribution in [1.29, 1.82) is 0 Å². The lowest BCUT2D eigenvalue weighted by Crippen LogP contribution is -2.27. The van der Waals surface area contributed by atoms with Crippen molar-refractivity contribution in [2.45, 2.75) is 6.42 Å². The summed E-state index contributed by atoms with van der Waals surface area (Å²) in [5.74, 6) is -0.500. The largest absolute Gasteiger partial charge is 0.365 e. The van der Waals surface area contributed by atoms with E-state index in [1.165, 1.54) is 12.5 Å². The van der Waals surface area contributed by atoms with Crippen LogP contribution in [-0.4, -0.2) is 23.7 Å². The molecule has 0 aliphatic carbocycles. The average molecular weight is 162 g/mol. The van der Waals surface area contributed by atoms with Gasteiger partial charge in [0.15, 0.2) is 0 Å². The predicted octanol–water partition coefficient (Wildman–Crippen LogP) is -0.359. The molecule has 2 rings (SSSR count). The third-order valence-electron chi connectivity index (χ3n) is 1.67. The Morgan fingerprint density at radius 2 is 2.33 bits per heavy atom. The first-order valence-corrected chi connectivity index (χ1v) is 3.43. The number of aliphatic imine (C=N–C) groups is 3. The van der Waals surface area contributed by atoms with Crippen LogP contribution in [0.4, 0.5) is 0 Å². The zero-order valence-corrected chi connectivity index (χ0v) is 6.19. The van der Waals surface area contributed by atoms with Gasteiger partial charge < -0.3 is 5.73 Å². The third kappa shape index (κ3) is 0.952. The molecule has 0 saturated carbocycles.